The summed E-state index contributed by atoms with van der Waals surface area (Å²) in [6, 6.07) is 12.3. The molecule has 0 heterocycles. The second kappa shape index (κ2) is 12.1. The van der Waals surface area contributed by atoms with E-state index < -0.39 is 5.97 Å². The Morgan fingerprint density at radius 1 is 1.00 bits per heavy atom. The third-order valence-corrected chi connectivity index (χ3v) is 6.00. The van der Waals surface area contributed by atoms with Crippen molar-refractivity contribution in [2.75, 3.05) is 18.1 Å². The van der Waals surface area contributed by atoms with Crippen LogP contribution < -0.4 is 11.5 Å². The first kappa shape index (κ1) is 24.4. The molecule has 0 unspecified atom stereocenters. The molecule has 0 atom stereocenters. The topological polar surface area (TPSA) is 105 Å². The fraction of sp³-hybridized carbons (Fsp3) is 0.407. The molecule has 3 rings (SSSR count). The van der Waals surface area contributed by atoms with Gasteiger partial charge in [0, 0.05) is 23.9 Å². The fourth-order valence-corrected chi connectivity index (χ4v) is 4.27. The lowest BCUT2D eigenvalue weighted by molar-refractivity contribution is -0.137. The van der Waals surface area contributed by atoms with Gasteiger partial charge in [-0.3, -0.25) is 0 Å². The predicted molar refractivity (Wildman–Crippen MR) is 131 cm³/mol. The lowest BCUT2D eigenvalue weighted by Crippen LogP contribution is -2.24. The first-order valence-electron chi connectivity index (χ1n) is 11.7. The molecular formula is C27H34N2O4. The van der Waals surface area contributed by atoms with Crippen molar-refractivity contribution >= 4 is 29.4 Å². The zero-order chi connectivity index (χ0) is 23.6. The third kappa shape index (κ3) is 7.97. The maximum Gasteiger partial charge on any atom is 0.338 e. The summed E-state index contributed by atoms with van der Waals surface area (Å²) in [6.45, 7) is 2.45. The monoisotopic (exact) mass is 450 g/mol. The van der Waals surface area contributed by atoms with Crippen LogP contribution in [0.25, 0.3) is 6.08 Å². The van der Waals surface area contributed by atoms with Crippen LogP contribution in [-0.2, 0) is 20.7 Å². The highest BCUT2D eigenvalue weighted by Crippen LogP contribution is 2.29. The zero-order valence-corrected chi connectivity index (χ0v) is 19.3. The van der Waals surface area contributed by atoms with Crippen molar-refractivity contribution in [2.45, 2.75) is 58.0 Å². The largest absolute Gasteiger partial charge is 0.462 e. The summed E-state index contributed by atoms with van der Waals surface area (Å²) in [5, 5.41) is 0. The highest BCUT2D eigenvalue weighted by atomic mass is 16.5. The minimum atomic E-state index is -0.436. The van der Waals surface area contributed by atoms with Crippen molar-refractivity contribution in [3.05, 3.63) is 65.2 Å². The molecular weight excluding hydrogens is 416 g/mol. The van der Waals surface area contributed by atoms with E-state index in [0.29, 0.717) is 23.4 Å². The van der Waals surface area contributed by atoms with Crippen LogP contribution >= 0.6 is 0 Å². The molecule has 1 aliphatic rings. The molecule has 0 spiro atoms. The molecule has 4 N–H and O–H groups in total. The van der Waals surface area contributed by atoms with Gasteiger partial charge in [-0.05, 0) is 79.1 Å². The van der Waals surface area contributed by atoms with E-state index in [1.165, 1.54) is 18.9 Å². The van der Waals surface area contributed by atoms with Crippen LogP contribution in [0.2, 0.25) is 0 Å². The van der Waals surface area contributed by atoms with Crippen LogP contribution in [0.5, 0.6) is 0 Å². The lowest BCUT2D eigenvalue weighted by atomic mass is 9.85. The number of hydrogen-bond donors (Lipinski definition) is 2. The van der Waals surface area contributed by atoms with E-state index in [1.807, 2.05) is 12.1 Å². The highest BCUT2D eigenvalue weighted by Gasteiger charge is 2.23. The van der Waals surface area contributed by atoms with Gasteiger partial charge in [-0.25, -0.2) is 9.59 Å². The average molecular weight is 451 g/mol. The van der Waals surface area contributed by atoms with Crippen molar-refractivity contribution in [1.29, 1.82) is 0 Å². The number of anilines is 2. The Balaban J connectivity index is 1.41. The highest BCUT2D eigenvalue weighted by molar-refractivity contribution is 5.90. The van der Waals surface area contributed by atoms with Gasteiger partial charge in [-0.15, -0.1) is 0 Å². The summed E-state index contributed by atoms with van der Waals surface area (Å²) in [4.78, 5) is 24.4. The van der Waals surface area contributed by atoms with Gasteiger partial charge in [0.1, 0.15) is 6.10 Å². The van der Waals surface area contributed by atoms with Crippen LogP contribution in [0.3, 0.4) is 0 Å². The average Bonchev–Trinajstić information content (AvgIpc) is 2.79. The molecule has 0 amide bonds. The maximum atomic E-state index is 12.4. The number of esters is 2. The van der Waals surface area contributed by atoms with Crippen LogP contribution in [0, 0.1) is 5.92 Å². The van der Waals surface area contributed by atoms with Crippen molar-refractivity contribution < 1.29 is 19.1 Å². The number of hydrogen-bond acceptors (Lipinski definition) is 6. The molecule has 6 nitrogen and oxygen atoms in total. The van der Waals surface area contributed by atoms with Gasteiger partial charge in [-0.1, -0.05) is 31.9 Å². The Morgan fingerprint density at radius 2 is 1.67 bits per heavy atom. The Labute approximate surface area is 195 Å². The van der Waals surface area contributed by atoms with Gasteiger partial charge in [0.05, 0.1) is 12.2 Å². The molecule has 1 aliphatic carbocycles. The number of carbonyl (C=O) groups excluding carboxylic acids is 2. The Hall–Kier alpha value is -3.28. The summed E-state index contributed by atoms with van der Waals surface area (Å²) in [5.74, 6) is 0.0544. The van der Waals surface area contributed by atoms with Crippen molar-refractivity contribution in [3.63, 3.8) is 0 Å². The Kier molecular flexibility index (Phi) is 8.93. The minimum Gasteiger partial charge on any atom is -0.462 e. The van der Waals surface area contributed by atoms with Gasteiger partial charge < -0.3 is 20.9 Å². The van der Waals surface area contributed by atoms with E-state index in [-0.39, 0.29) is 18.7 Å². The predicted octanol–water partition coefficient (Wildman–Crippen LogP) is 5.17. The first-order chi connectivity index (χ1) is 15.9. The summed E-state index contributed by atoms with van der Waals surface area (Å²) >= 11 is 0. The van der Waals surface area contributed by atoms with Gasteiger partial charge in [0.25, 0.3) is 0 Å². The van der Waals surface area contributed by atoms with Crippen molar-refractivity contribution in [2.24, 2.45) is 5.92 Å². The molecule has 0 aromatic heterocycles. The van der Waals surface area contributed by atoms with E-state index in [9.17, 15) is 9.59 Å². The van der Waals surface area contributed by atoms with Gasteiger partial charge in [-0.2, -0.15) is 0 Å². The standard InChI is InChI=1S/C27H34N2O4/c1-2-3-19-6-11-25(12-7-19)33-27(31)22-9-4-20(5-10-22)8-13-26(30)32-15-14-21-16-23(28)18-24(29)17-21/h4-5,8-10,13,16-19,25H,2-3,6-7,11-12,14-15,28-29H2,1H3/b13-8+. The number of nitrogens with two attached hydrogens (primary N) is 2. The summed E-state index contributed by atoms with van der Waals surface area (Å²) in [6.07, 6.45) is 10.2. The van der Waals surface area contributed by atoms with E-state index in [4.69, 9.17) is 20.9 Å². The van der Waals surface area contributed by atoms with Gasteiger partial charge in [0.2, 0.25) is 0 Å². The van der Waals surface area contributed by atoms with E-state index >= 15 is 0 Å². The summed E-state index contributed by atoms with van der Waals surface area (Å²) in [5.41, 5.74) is 14.9. The molecule has 0 saturated heterocycles. The van der Waals surface area contributed by atoms with Crippen LogP contribution in [0.15, 0.2) is 48.5 Å². The zero-order valence-electron chi connectivity index (χ0n) is 19.3. The Morgan fingerprint density at radius 3 is 2.30 bits per heavy atom. The summed E-state index contributed by atoms with van der Waals surface area (Å²) in [7, 11) is 0. The SMILES string of the molecule is CCCC1CCC(OC(=O)c2ccc(/C=C/C(=O)OCCc3cc(N)cc(N)c3)cc2)CC1. The molecule has 0 aliphatic heterocycles. The molecule has 1 saturated carbocycles. The van der Waals surface area contributed by atoms with Gasteiger partial charge >= 0.3 is 11.9 Å². The fourth-order valence-electron chi connectivity index (χ4n) is 4.27. The molecule has 0 bridgehead atoms. The molecule has 1 fully saturated rings. The molecule has 0 radical (unpaired) electrons. The lowest BCUT2D eigenvalue weighted by Gasteiger charge is -2.28. The Bertz CT molecular complexity index is 940. The van der Waals surface area contributed by atoms with Crippen LogP contribution in [0.1, 0.15) is 66.9 Å². The first-order valence-corrected chi connectivity index (χ1v) is 11.7. The maximum absolute atomic E-state index is 12.4. The van der Waals surface area contributed by atoms with Crippen molar-refractivity contribution in [1.82, 2.24) is 0 Å². The molecule has 2 aromatic rings. The number of rotatable bonds is 9. The summed E-state index contributed by atoms with van der Waals surface area (Å²) < 4.78 is 10.9. The van der Waals surface area contributed by atoms with Crippen LogP contribution in [0.4, 0.5) is 11.4 Å². The molecule has 2 aromatic carbocycles. The smallest absolute Gasteiger partial charge is 0.338 e. The van der Waals surface area contributed by atoms with Gasteiger partial charge in [0.15, 0.2) is 0 Å². The molecule has 33 heavy (non-hydrogen) atoms. The molecule has 176 valence electrons. The van der Waals surface area contributed by atoms with E-state index in [1.54, 1.807) is 36.4 Å². The second-order valence-electron chi connectivity index (χ2n) is 8.72. The minimum absolute atomic E-state index is 0.0173. The van der Waals surface area contributed by atoms with E-state index in [0.717, 1.165) is 42.7 Å². The number of ether oxygens (including phenoxy) is 2. The normalized spacial score (nSPS) is 18.2. The third-order valence-electron chi connectivity index (χ3n) is 6.00. The van der Waals surface area contributed by atoms with Crippen LogP contribution in [-0.4, -0.2) is 24.6 Å². The quantitative estimate of drug-likeness (QED) is 0.310. The van der Waals surface area contributed by atoms with Crippen molar-refractivity contribution in [3.8, 4) is 0 Å². The number of carbonyl (C=O) groups is 2. The second-order valence-corrected chi connectivity index (χ2v) is 8.72. The molecule has 6 heteroatoms. The van der Waals surface area contributed by atoms with E-state index in [2.05, 4.69) is 6.92 Å². The number of benzene rings is 2. The number of nitrogen functional groups attached to an aromatic ring is 2.